The molecule has 0 radical (unpaired) electrons. The standard InChI is InChI=1S/C23H26N6O4/c1-2-17-12-21(27-23(26-17)28-8-7-24-14-28)29-9-10-31-13-18(29)22(30)25-6-5-16-3-4-19-20(11-16)33-15-32-19/h3-4,7-8,11-12,14,18H,2,5-6,9-10,13,15H2,1H3,(H,25,30). The summed E-state index contributed by atoms with van der Waals surface area (Å²) >= 11 is 0. The Morgan fingerprint density at radius 3 is 2.97 bits per heavy atom. The van der Waals surface area contributed by atoms with E-state index in [1.54, 1.807) is 23.3 Å². The normalized spacial score (nSPS) is 17.2. The Kier molecular flexibility index (Phi) is 6.07. The van der Waals surface area contributed by atoms with Gasteiger partial charge in [0, 0.05) is 37.2 Å². The average molecular weight is 450 g/mol. The molecule has 3 aromatic rings. The lowest BCUT2D eigenvalue weighted by Gasteiger charge is -2.35. The van der Waals surface area contributed by atoms with Crippen molar-refractivity contribution in [1.82, 2.24) is 24.8 Å². The highest BCUT2D eigenvalue weighted by Gasteiger charge is 2.31. The fraction of sp³-hybridized carbons (Fsp3) is 0.391. The van der Waals surface area contributed by atoms with Crippen LogP contribution in [-0.2, 0) is 22.4 Å². The van der Waals surface area contributed by atoms with Gasteiger partial charge in [-0.05, 0) is 30.5 Å². The molecule has 1 unspecified atom stereocenters. The molecule has 1 amide bonds. The van der Waals surface area contributed by atoms with Gasteiger partial charge in [0.05, 0.1) is 13.2 Å². The number of rotatable bonds is 7. The summed E-state index contributed by atoms with van der Waals surface area (Å²) in [6.45, 7) is 4.22. The number of nitrogens with one attached hydrogen (secondary N) is 1. The highest BCUT2D eigenvalue weighted by Crippen LogP contribution is 2.32. The predicted octanol–water partition coefficient (Wildman–Crippen LogP) is 1.52. The quantitative estimate of drug-likeness (QED) is 0.578. The first kappa shape index (κ1) is 21.2. The van der Waals surface area contributed by atoms with Gasteiger partial charge in [0.2, 0.25) is 18.6 Å². The van der Waals surface area contributed by atoms with Gasteiger partial charge in [-0.2, -0.15) is 4.98 Å². The van der Waals surface area contributed by atoms with E-state index in [-0.39, 0.29) is 12.7 Å². The molecule has 0 aliphatic carbocycles. The zero-order valence-electron chi connectivity index (χ0n) is 18.4. The van der Waals surface area contributed by atoms with Crippen molar-refractivity contribution in [1.29, 1.82) is 0 Å². The Morgan fingerprint density at radius 2 is 2.12 bits per heavy atom. The molecule has 0 bridgehead atoms. The van der Waals surface area contributed by atoms with E-state index >= 15 is 0 Å². The monoisotopic (exact) mass is 450 g/mol. The molecule has 5 rings (SSSR count). The number of benzene rings is 1. The van der Waals surface area contributed by atoms with Gasteiger partial charge in [-0.3, -0.25) is 9.36 Å². The van der Waals surface area contributed by atoms with Crippen LogP contribution in [0.3, 0.4) is 0 Å². The van der Waals surface area contributed by atoms with Crippen LogP contribution in [0.4, 0.5) is 5.82 Å². The number of anilines is 1. The van der Waals surface area contributed by atoms with E-state index < -0.39 is 6.04 Å². The van der Waals surface area contributed by atoms with E-state index in [1.165, 1.54) is 0 Å². The molecule has 1 N–H and O–H groups in total. The number of carbonyl (C=O) groups excluding carboxylic acids is 1. The molecule has 10 heteroatoms. The summed E-state index contributed by atoms with van der Waals surface area (Å²) in [7, 11) is 0. The van der Waals surface area contributed by atoms with E-state index in [0.717, 1.165) is 29.2 Å². The van der Waals surface area contributed by atoms with Crippen molar-refractivity contribution in [3.05, 3.63) is 54.2 Å². The van der Waals surface area contributed by atoms with Crippen LogP contribution in [0.2, 0.25) is 0 Å². The minimum absolute atomic E-state index is 0.0868. The first-order valence-corrected chi connectivity index (χ1v) is 11.1. The Hall–Kier alpha value is -3.66. The molecule has 10 nitrogen and oxygen atoms in total. The second-order valence-electron chi connectivity index (χ2n) is 7.85. The number of morpholine rings is 1. The van der Waals surface area contributed by atoms with Crippen LogP contribution in [0.15, 0.2) is 43.0 Å². The van der Waals surface area contributed by atoms with E-state index in [2.05, 4.69) is 15.3 Å². The molecule has 2 aliphatic heterocycles. The second kappa shape index (κ2) is 9.45. The number of aryl methyl sites for hydroxylation is 1. The summed E-state index contributed by atoms with van der Waals surface area (Å²) in [5, 5.41) is 3.05. The lowest BCUT2D eigenvalue weighted by molar-refractivity contribution is -0.124. The minimum Gasteiger partial charge on any atom is -0.454 e. The van der Waals surface area contributed by atoms with Gasteiger partial charge >= 0.3 is 0 Å². The van der Waals surface area contributed by atoms with Crippen molar-refractivity contribution >= 4 is 11.7 Å². The maximum Gasteiger partial charge on any atom is 0.245 e. The fourth-order valence-corrected chi connectivity index (χ4v) is 3.93. The molecule has 0 spiro atoms. The molecule has 33 heavy (non-hydrogen) atoms. The molecule has 1 fully saturated rings. The molecule has 1 saturated heterocycles. The summed E-state index contributed by atoms with van der Waals surface area (Å²) in [6.07, 6.45) is 6.60. The van der Waals surface area contributed by atoms with Gasteiger partial charge in [0.1, 0.15) is 18.2 Å². The number of amides is 1. The summed E-state index contributed by atoms with van der Waals surface area (Å²) in [6, 6.07) is 7.31. The number of imidazole rings is 1. The van der Waals surface area contributed by atoms with Crippen LogP contribution in [0.25, 0.3) is 5.95 Å². The third-order valence-electron chi connectivity index (χ3n) is 5.73. The number of carbonyl (C=O) groups is 1. The van der Waals surface area contributed by atoms with Gasteiger partial charge < -0.3 is 24.4 Å². The lowest BCUT2D eigenvalue weighted by Crippen LogP contribution is -2.54. The zero-order valence-corrected chi connectivity index (χ0v) is 18.4. The van der Waals surface area contributed by atoms with Gasteiger partial charge in [-0.15, -0.1) is 0 Å². The maximum atomic E-state index is 13.1. The van der Waals surface area contributed by atoms with E-state index in [0.29, 0.717) is 44.5 Å². The van der Waals surface area contributed by atoms with Crippen LogP contribution < -0.4 is 19.7 Å². The van der Waals surface area contributed by atoms with Crippen molar-refractivity contribution in [2.45, 2.75) is 25.8 Å². The molecule has 2 aliphatic rings. The molecule has 172 valence electrons. The predicted molar refractivity (Wildman–Crippen MR) is 120 cm³/mol. The van der Waals surface area contributed by atoms with Gasteiger partial charge in [0.15, 0.2) is 11.5 Å². The Morgan fingerprint density at radius 1 is 1.21 bits per heavy atom. The third-order valence-corrected chi connectivity index (χ3v) is 5.73. The van der Waals surface area contributed by atoms with Gasteiger partial charge in [-0.25, -0.2) is 9.97 Å². The highest BCUT2D eigenvalue weighted by molar-refractivity contribution is 5.85. The molecule has 0 saturated carbocycles. The van der Waals surface area contributed by atoms with Gasteiger partial charge in [-0.1, -0.05) is 13.0 Å². The summed E-state index contributed by atoms with van der Waals surface area (Å²) in [4.78, 5) is 28.5. The zero-order chi connectivity index (χ0) is 22.6. The SMILES string of the molecule is CCc1cc(N2CCOCC2C(=O)NCCc2ccc3c(c2)OCO3)nc(-n2ccnc2)n1. The molecular formula is C23H26N6O4. The van der Waals surface area contributed by atoms with Crippen LogP contribution >= 0.6 is 0 Å². The van der Waals surface area contributed by atoms with Crippen LogP contribution in [0, 0.1) is 0 Å². The largest absolute Gasteiger partial charge is 0.454 e. The smallest absolute Gasteiger partial charge is 0.245 e. The number of hydrogen-bond donors (Lipinski definition) is 1. The summed E-state index contributed by atoms with van der Waals surface area (Å²) < 4.78 is 18.2. The first-order valence-electron chi connectivity index (χ1n) is 11.1. The number of fused-ring (bicyclic) bond motifs is 1. The van der Waals surface area contributed by atoms with E-state index in [9.17, 15) is 4.79 Å². The lowest BCUT2D eigenvalue weighted by atomic mass is 10.1. The average Bonchev–Trinajstić information content (AvgIpc) is 3.56. The Labute approximate surface area is 191 Å². The second-order valence-corrected chi connectivity index (χ2v) is 7.85. The van der Waals surface area contributed by atoms with E-state index in [1.807, 2.05) is 36.1 Å². The number of ether oxygens (including phenoxy) is 3. The van der Waals surface area contributed by atoms with Gasteiger partial charge in [0.25, 0.3) is 0 Å². The number of hydrogen-bond acceptors (Lipinski definition) is 8. The van der Waals surface area contributed by atoms with Crippen molar-refractivity contribution < 1.29 is 19.0 Å². The highest BCUT2D eigenvalue weighted by atomic mass is 16.7. The first-order chi connectivity index (χ1) is 16.2. The molecular weight excluding hydrogens is 424 g/mol. The van der Waals surface area contributed by atoms with Crippen molar-refractivity contribution in [2.75, 3.05) is 38.0 Å². The van der Waals surface area contributed by atoms with Crippen molar-refractivity contribution in [3.63, 3.8) is 0 Å². The Bertz CT molecular complexity index is 1120. The van der Waals surface area contributed by atoms with Crippen molar-refractivity contribution in [3.8, 4) is 17.4 Å². The summed E-state index contributed by atoms with van der Waals surface area (Å²) in [5.74, 6) is 2.66. The molecule has 4 heterocycles. The maximum absolute atomic E-state index is 13.1. The molecule has 1 atom stereocenters. The van der Waals surface area contributed by atoms with Crippen LogP contribution in [0.5, 0.6) is 11.5 Å². The van der Waals surface area contributed by atoms with E-state index in [4.69, 9.17) is 19.2 Å². The summed E-state index contributed by atoms with van der Waals surface area (Å²) in [5.41, 5.74) is 1.97. The fourth-order valence-electron chi connectivity index (χ4n) is 3.93. The molecule has 1 aromatic carbocycles. The Balaban J connectivity index is 1.28. The van der Waals surface area contributed by atoms with Crippen molar-refractivity contribution in [2.24, 2.45) is 0 Å². The van der Waals surface area contributed by atoms with Crippen LogP contribution in [0.1, 0.15) is 18.2 Å². The topological polar surface area (TPSA) is 104 Å². The number of aromatic nitrogens is 4. The van der Waals surface area contributed by atoms with Crippen LogP contribution in [-0.4, -0.2) is 64.6 Å². The molecule has 2 aromatic heterocycles. The minimum atomic E-state index is -0.467. The number of nitrogens with zero attached hydrogens (tertiary/aromatic N) is 5. The third kappa shape index (κ3) is 4.61.